The summed E-state index contributed by atoms with van der Waals surface area (Å²) in [4.78, 5) is 4.37. The van der Waals surface area contributed by atoms with Crippen molar-refractivity contribution in [2.24, 2.45) is 5.73 Å². The Morgan fingerprint density at radius 3 is 2.90 bits per heavy atom. The molecule has 2 heterocycles. The fourth-order valence-electron chi connectivity index (χ4n) is 2.12. The number of para-hydroxylation sites is 1. The zero-order chi connectivity index (χ0) is 13.9. The molecule has 4 heteroatoms. The molecule has 2 aromatic heterocycles. The van der Waals surface area contributed by atoms with Crippen LogP contribution in [0.15, 0.2) is 47.0 Å². The van der Waals surface area contributed by atoms with Gasteiger partial charge in [-0.2, -0.15) is 0 Å². The molecule has 0 aliphatic rings. The topological polar surface area (TPSA) is 61.3 Å². The zero-order valence-electron chi connectivity index (χ0n) is 11.3. The zero-order valence-corrected chi connectivity index (χ0v) is 11.3. The average Bonchev–Trinajstić information content (AvgIpc) is 2.85. The number of ether oxygens (including phenoxy) is 1. The van der Waals surface area contributed by atoms with Crippen molar-refractivity contribution in [2.45, 2.75) is 20.1 Å². The maximum atomic E-state index is 5.78. The summed E-state index contributed by atoms with van der Waals surface area (Å²) in [6.45, 7) is 2.77. The lowest BCUT2D eigenvalue weighted by molar-refractivity contribution is 0.302. The van der Waals surface area contributed by atoms with Crippen LogP contribution in [0.1, 0.15) is 17.1 Å². The lowest BCUT2D eigenvalue weighted by atomic mass is 10.2. The Bertz CT molecular complexity index is 734. The van der Waals surface area contributed by atoms with E-state index in [1.165, 1.54) is 0 Å². The molecule has 0 fully saturated rings. The van der Waals surface area contributed by atoms with Crippen molar-refractivity contribution in [2.75, 3.05) is 0 Å². The Balaban J connectivity index is 1.77. The van der Waals surface area contributed by atoms with Gasteiger partial charge in [0.15, 0.2) is 0 Å². The van der Waals surface area contributed by atoms with Crippen molar-refractivity contribution in [3.05, 3.63) is 59.7 Å². The Morgan fingerprint density at radius 1 is 1.25 bits per heavy atom. The molecular formula is C16H16N2O2. The maximum absolute atomic E-state index is 5.78. The van der Waals surface area contributed by atoms with Gasteiger partial charge in [0.1, 0.15) is 23.9 Å². The Hall–Kier alpha value is -2.33. The van der Waals surface area contributed by atoms with E-state index in [4.69, 9.17) is 14.9 Å². The molecule has 0 saturated heterocycles. The minimum atomic E-state index is 0.401. The second kappa shape index (κ2) is 5.35. The molecule has 0 unspecified atom stereocenters. The van der Waals surface area contributed by atoms with Crippen LogP contribution in [-0.4, -0.2) is 4.98 Å². The molecule has 3 aromatic rings. The lowest BCUT2D eigenvalue weighted by Gasteiger charge is -2.06. The van der Waals surface area contributed by atoms with Crippen LogP contribution in [0.4, 0.5) is 0 Å². The van der Waals surface area contributed by atoms with E-state index in [9.17, 15) is 0 Å². The number of rotatable bonds is 4. The highest BCUT2D eigenvalue weighted by Crippen LogP contribution is 2.20. The Morgan fingerprint density at radius 2 is 2.10 bits per heavy atom. The van der Waals surface area contributed by atoms with Gasteiger partial charge in [0.25, 0.3) is 0 Å². The van der Waals surface area contributed by atoms with E-state index in [2.05, 4.69) is 4.98 Å². The van der Waals surface area contributed by atoms with Crippen molar-refractivity contribution < 1.29 is 9.15 Å². The summed E-state index contributed by atoms with van der Waals surface area (Å²) in [5, 5.41) is 1.07. The normalized spacial score (nSPS) is 10.9. The molecule has 3 rings (SSSR count). The fraction of sp³-hybridized carbons (Fsp3) is 0.188. The van der Waals surface area contributed by atoms with E-state index in [1.54, 1.807) is 6.20 Å². The highest BCUT2D eigenvalue weighted by molar-refractivity contribution is 5.79. The second-order valence-electron chi connectivity index (χ2n) is 4.65. The lowest BCUT2D eigenvalue weighted by Crippen LogP contribution is -1.96. The number of pyridine rings is 1. The van der Waals surface area contributed by atoms with Crippen molar-refractivity contribution in [3.8, 4) is 5.75 Å². The van der Waals surface area contributed by atoms with Gasteiger partial charge in [0, 0.05) is 10.9 Å². The molecule has 102 valence electrons. The van der Waals surface area contributed by atoms with Crippen LogP contribution in [-0.2, 0) is 13.2 Å². The number of nitrogens with zero attached hydrogens (tertiary/aromatic N) is 1. The molecule has 0 atom stereocenters. The van der Waals surface area contributed by atoms with Crippen LogP contribution < -0.4 is 10.5 Å². The van der Waals surface area contributed by atoms with Gasteiger partial charge in [-0.3, -0.25) is 4.98 Å². The van der Waals surface area contributed by atoms with Gasteiger partial charge >= 0.3 is 0 Å². The molecular weight excluding hydrogens is 252 g/mol. The first kappa shape index (κ1) is 12.7. The van der Waals surface area contributed by atoms with E-state index < -0.39 is 0 Å². The molecule has 2 N–H and O–H groups in total. The second-order valence-corrected chi connectivity index (χ2v) is 4.65. The van der Waals surface area contributed by atoms with Gasteiger partial charge in [0.2, 0.25) is 0 Å². The van der Waals surface area contributed by atoms with E-state index in [-0.39, 0.29) is 0 Å². The summed E-state index contributed by atoms with van der Waals surface area (Å²) in [7, 11) is 0. The van der Waals surface area contributed by atoms with Gasteiger partial charge in [-0.1, -0.05) is 18.2 Å². The third kappa shape index (κ3) is 2.51. The summed E-state index contributed by atoms with van der Waals surface area (Å²) < 4.78 is 11.3. The third-order valence-corrected chi connectivity index (χ3v) is 3.23. The summed E-state index contributed by atoms with van der Waals surface area (Å²) >= 11 is 0. The van der Waals surface area contributed by atoms with E-state index in [0.29, 0.717) is 13.2 Å². The quantitative estimate of drug-likeness (QED) is 0.789. The smallest absolute Gasteiger partial charge is 0.138 e. The minimum absolute atomic E-state index is 0.401. The SMILES string of the molecule is Cc1oc(CN)cc1COc1cnc2ccccc2c1. The molecule has 0 amide bonds. The monoisotopic (exact) mass is 268 g/mol. The molecule has 1 aromatic carbocycles. The van der Waals surface area contributed by atoms with Crippen molar-refractivity contribution in [1.82, 2.24) is 4.98 Å². The molecule has 0 aliphatic heterocycles. The number of furan rings is 1. The van der Waals surface area contributed by atoms with Crippen molar-refractivity contribution >= 4 is 10.9 Å². The van der Waals surface area contributed by atoms with Gasteiger partial charge in [-0.25, -0.2) is 0 Å². The summed E-state index contributed by atoms with van der Waals surface area (Å²) in [5.41, 5.74) is 7.53. The van der Waals surface area contributed by atoms with Crippen molar-refractivity contribution in [1.29, 1.82) is 0 Å². The van der Waals surface area contributed by atoms with Crippen LogP contribution >= 0.6 is 0 Å². The summed E-state index contributed by atoms with van der Waals surface area (Å²) in [6.07, 6.45) is 1.74. The van der Waals surface area contributed by atoms with Crippen LogP contribution in [0.5, 0.6) is 5.75 Å². The predicted molar refractivity (Wildman–Crippen MR) is 77.4 cm³/mol. The number of benzene rings is 1. The largest absolute Gasteiger partial charge is 0.487 e. The highest BCUT2D eigenvalue weighted by atomic mass is 16.5. The Kier molecular flexibility index (Phi) is 3.39. The maximum Gasteiger partial charge on any atom is 0.138 e. The molecule has 0 radical (unpaired) electrons. The molecule has 0 saturated carbocycles. The van der Waals surface area contributed by atoms with E-state index in [1.807, 2.05) is 43.3 Å². The van der Waals surface area contributed by atoms with E-state index in [0.717, 1.165) is 33.7 Å². The first-order chi connectivity index (χ1) is 9.76. The minimum Gasteiger partial charge on any atom is -0.487 e. The fourth-order valence-corrected chi connectivity index (χ4v) is 2.12. The van der Waals surface area contributed by atoms with Crippen LogP contribution in [0.25, 0.3) is 10.9 Å². The molecule has 0 spiro atoms. The first-order valence-corrected chi connectivity index (χ1v) is 6.52. The van der Waals surface area contributed by atoms with Crippen molar-refractivity contribution in [3.63, 3.8) is 0 Å². The first-order valence-electron chi connectivity index (χ1n) is 6.52. The average molecular weight is 268 g/mol. The van der Waals surface area contributed by atoms with Gasteiger partial charge in [0.05, 0.1) is 18.3 Å². The van der Waals surface area contributed by atoms with E-state index >= 15 is 0 Å². The van der Waals surface area contributed by atoms with Crippen LogP contribution in [0.2, 0.25) is 0 Å². The molecule has 0 aliphatic carbocycles. The Labute approximate surface area is 117 Å². The standard InChI is InChI=1S/C16H16N2O2/c1-11-13(7-14(8-17)20-11)10-19-15-6-12-4-2-3-5-16(12)18-9-15/h2-7,9H,8,10,17H2,1H3. The molecule has 20 heavy (non-hydrogen) atoms. The molecule has 4 nitrogen and oxygen atoms in total. The number of aromatic nitrogens is 1. The number of nitrogens with two attached hydrogens (primary N) is 1. The number of aryl methyl sites for hydroxylation is 1. The highest BCUT2D eigenvalue weighted by Gasteiger charge is 2.07. The number of hydrogen-bond acceptors (Lipinski definition) is 4. The number of fused-ring (bicyclic) bond motifs is 1. The van der Waals surface area contributed by atoms with Gasteiger partial charge in [-0.05, 0) is 25.1 Å². The third-order valence-electron chi connectivity index (χ3n) is 3.23. The predicted octanol–water partition coefficient (Wildman–Crippen LogP) is 3.17. The van der Waals surface area contributed by atoms with Crippen LogP contribution in [0, 0.1) is 6.92 Å². The summed E-state index contributed by atoms with van der Waals surface area (Å²) in [5.74, 6) is 2.37. The molecule has 0 bridgehead atoms. The summed E-state index contributed by atoms with van der Waals surface area (Å²) in [6, 6.07) is 11.9. The van der Waals surface area contributed by atoms with Gasteiger partial charge < -0.3 is 14.9 Å². The number of hydrogen-bond donors (Lipinski definition) is 1. The van der Waals surface area contributed by atoms with Crippen LogP contribution in [0.3, 0.4) is 0 Å². The van der Waals surface area contributed by atoms with Gasteiger partial charge in [-0.15, -0.1) is 0 Å².